The molecule has 2 aromatic heterocycles. The number of carbonyl (C=O) groups is 1. The fraction of sp³-hybridized carbons (Fsp3) is 0.0400. The first kappa shape index (κ1) is 19.7. The number of benzene rings is 3. The molecule has 5 rings (SSSR count). The van der Waals surface area contributed by atoms with E-state index in [9.17, 15) is 4.79 Å². The Labute approximate surface area is 188 Å². The van der Waals surface area contributed by atoms with E-state index in [1.165, 1.54) is 5.56 Å². The largest absolute Gasteiger partial charge is 0.360 e. The standard InChI is InChI=1S/C25H18ClN3OS/c26-17-8-10-18(11-9-17)29-25(30)20-14-28-22-6-3-7-23(24(20)22)31-15-16-12-13-27-21-5-2-1-4-19(16)21/h1-14,28H,15H2,(H,29,30). The summed E-state index contributed by atoms with van der Waals surface area (Å²) in [4.78, 5) is 21.7. The van der Waals surface area contributed by atoms with Crippen molar-refractivity contribution in [2.45, 2.75) is 10.6 Å². The lowest BCUT2D eigenvalue weighted by Gasteiger charge is -2.09. The van der Waals surface area contributed by atoms with Gasteiger partial charge in [-0.2, -0.15) is 0 Å². The minimum atomic E-state index is -0.156. The molecule has 0 atom stereocenters. The average Bonchev–Trinajstić information content (AvgIpc) is 3.24. The molecule has 0 aliphatic heterocycles. The van der Waals surface area contributed by atoms with E-state index in [0.29, 0.717) is 16.3 Å². The molecule has 0 bridgehead atoms. The van der Waals surface area contributed by atoms with Gasteiger partial charge in [-0.05, 0) is 54.1 Å². The van der Waals surface area contributed by atoms with Gasteiger partial charge in [-0.15, -0.1) is 11.8 Å². The maximum absolute atomic E-state index is 13.0. The van der Waals surface area contributed by atoms with E-state index in [1.807, 2.05) is 36.5 Å². The third-order valence-electron chi connectivity index (χ3n) is 5.14. The fourth-order valence-corrected chi connectivity index (χ4v) is 4.85. The van der Waals surface area contributed by atoms with Crippen LogP contribution in [0.25, 0.3) is 21.8 Å². The van der Waals surface area contributed by atoms with Crippen molar-refractivity contribution < 1.29 is 4.79 Å². The van der Waals surface area contributed by atoms with Crippen molar-refractivity contribution in [2.75, 3.05) is 5.32 Å². The molecule has 0 unspecified atom stereocenters. The Kier molecular flexibility index (Phi) is 5.37. The molecule has 1 amide bonds. The highest BCUT2D eigenvalue weighted by molar-refractivity contribution is 7.98. The highest BCUT2D eigenvalue weighted by Gasteiger charge is 2.16. The van der Waals surface area contributed by atoms with Crippen LogP contribution in [0.1, 0.15) is 15.9 Å². The van der Waals surface area contributed by atoms with Crippen molar-refractivity contribution in [1.82, 2.24) is 9.97 Å². The number of amides is 1. The lowest BCUT2D eigenvalue weighted by atomic mass is 10.1. The van der Waals surface area contributed by atoms with Gasteiger partial charge in [-0.25, -0.2) is 0 Å². The monoisotopic (exact) mass is 443 g/mol. The molecule has 4 nitrogen and oxygen atoms in total. The molecule has 5 aromatic rings. The lowest BCUT2D eigenvalue weighted by molar-refractivity contribution is 0.102. The lowest BCUT2D eigenvalue weighted by Crippen LogP contribution is -2.11. The number of anilines is 1. The Morgan fingerprint density at radius 1 is 1.00 bits per heavy atom. The summed E-state index contributed by atoms with van der Waals surface area (Å²) in [6, 6.07) is 23.4. The topological polar surface area (TPSA) is 57.8 Å². The number of thioether (sulfide) groups is 1. The summed E-state index contributed by atoms with van der Waals surface area (Å²) in [6.07, 6.45) is 3.61. The molecule has 0 saturated carbocycles. The molecule has 0 saturated heterocycles. The Morgan fingerprint density at radius 3 is 2.71 bits per heavy atom. The molecular weight excluding hydrogens is 426 g/mol. The van der Waals surface area contributed by atoms with Gasteiger partial charge in [0.05, 0.1) is 11.1 Å². The van der Waals surface area contributed by atoms with E-state index in [2.05, 4.69) is 33.5 Å². The SMILES string of the molecule is O=C(Nc1ccc(Cl)cc1)c1c[nH]c2cccc(SCc3ccnc4ccccc34)c12. The third kappa shape index (κ3) is 4.02. The highest BCUT2D eigenvalue weighted by atomic mass is 35.5. The van der Waals surface area contributed by atoms with Gasteiger partial charge in [0.2, 0.25) is 0 Å². The van der Waals surface area contributed by atoms with Crippen LogP contribution < -0.4 is 5.32 Å². The summed E-state index contributed by atoms with van der Waals surface area (Å²) in [7, 11) is 0. The Morgan fingerprint density at radius 2 is 1.84 bits per heavy atom. The van der Waals surface area contributed by atoms with Crippen molar-refractivity contribution >= 4 is 56.8 Å². The predicted molar refractivity (Wildman–Crippen MR) is 129 cm³/mol. The minimum Gasteiger partial charge on any atom is -0.360 e. The van der Waals surface area contributed by atoms with Crippen LogP contribution in [-0.2, 0) is 5.75 Å². The number of para-hydroxylation sites is 1. The molecule has 0 aliphatic carbocycles. The number of hydrogen-bond acceptors (Lipinski definition) is 3. The molecule has 152 valence electrons. The molecular formula is C25H18ClN3OS. The highest BCUT2D eigenvalue weighted by Crippen LogP contribution is 2.34. The van der Waals surface area contributed by atoms with Gasteiger partial charge in [-0.1, -0.05) is 35.9 Å². The van der Waals surface area contributed by atoms with Crippen LogP contribution >= 0.6 is 23.4 Å². The molecule has 3 aromatic carbocycles. The molecule has 2 heterocycles. The smallest absolute Gasteiger partial charge is 0.257 e. The summed E-state index contributed by atoms with van der Waals surface area (Å²) in [6.45, 7) is 0. The number of nitrogens with zero attached hydrogens (tertiary/aromatic N) is 1. The van der Waals surface area contributed by atoms with E-state index in [0.717, 1.165) is 32.5 Å². The first-order chi connectivity index (χ1) is 15.2. The number of aromatic amines is 1. The molecule has 31 heavy (non-hydrogen) atoms. The predicted octanol–water partition coefficient (Wildman–Crippen LogP) is 6.91. The van der Waals surface area contributed by atoms with Gasteiger partial charge < -0.3 is 10.3 Å². The van der Waals surface area contributed by atoms with E-state index < -0.39 is 0 Å². The minimum absolute atomic E-state index is 0.156. The average molecular weight is 444 g/mol. The molecule has 2 N–H and O–H groups in total. The number of pyridine rings is 1. The summed E-state index contributed by atoms with van der Waals surface area (Å²) < 4.78 is 0. The van der Waals surface area contributed by atoms with Crippen molar-refractivity contribution in [3.63, 3.8) is 0 Å². The van der Waals surface area contributed by atoms with Crippen molar-refractivity contribution in [3.05, 3.63) is 101 Å². The van der Waals surface area contributed by atoms with Gasteiger partial charge in [0, 0.05) is 50.0 Å². The number of nitrogens with one attached hydrogen (secondary N) is 2. The zero-order valence-corrected chi connectivity index (χ0v) is 18.0. The summed E-state index contributed by atoms with van der Waals surface area (Å²) in [5.41, 5.74) is 4.47. The van der Waals surface area contributed by atoms with E-state index in [1.54, 1.807) is 42.2 Å². The number of H-pyrrole nitrogens is 1. The summed E-state index contributed by atoms with van der Waals surface area (Å²) >= 11 is 7.66. The van der Waals surface area contributed by atoms with E-state index in [-0.39, 0.29) is 5.91 Å². The Hall–Kier alpha value is -3.28. The Bertz CT molecular complexity index is 1390. The zero-order valence-electron chi connectivity index (χ0n) is 16.4. The summed E-state index contributed by atoms with van der Waals surface area (Å²) in [5.74, 6) is 0.627. The van der Waals surface area contributed by atoms with Gasteiger partial charge in [0.25, 0.3) is 5.91 Å². The molecule has 6 heteroatoms. The fourth-order valence-electron chi connectivity index (χ4n) is 3.62. The Balaban J connectivity index is 1.45. The number of fused-ring (bicyclic) bond motifs is 2. The second-order valence-electron chi connectivity index (χ2n) is 7.12. The quantitative estimate of drug-likeness (QED) is 0.290. The number of halogens is 1. The van der Waals surface area contributed by atoms with Gasteiger partial charge >= 0.3 is 0 Å². The van der Waals surface area contributed by atoms with Gasteiger partial charge in [0.1, 0.15) is 0 Å². The first-order valence-corrected chi connectivity index (χ1v) is 11.2. The first-order valence-electron chi connectivity index (χ1n) is 9.81. The normalized spacial score (nSPS) is 11.1. The number of rotatable bonds is 5. The third-order valence-corrected chi connectivity index (χ3v) is 6.50. The van der Waals surface area contributed by atoms with Gasteiger partial charge in [-0.3, -0.25) is 9.78 Å². The van der Waals surface area contributed by atoms with Crippen LogP contribution in [0.3, 0.4) is 0 Å². The maximum atomic E-state index is 13.0. The molecule has 0 fully saturated rings. The van der Waals surface area contributed by atoms with E-state index >= 15 is 0 Å². The van der Waals surface area contributed by atoms with Crippen LogP contribution in [0.15, 0.2) is 90.1 Å². The number of aromatic nitrogens is 2. The summed E-state index contributed by atoms with van der Waals surface area (Å²) in [5, 5.41) is 5.67. The van der Waals surface area contributed by atoms with Crippen LogP contribution in [-0.4, -0.2) is 15.9 Å². The molecule has 0 aliphatic rings. The van der Waals surface area contributed by atoms with E-state index in [4.69, 9.17) is 11.6 Å². The second kappa shape index (κ2) is 8.46. The van der Waals surface area contributed by atoms with Crippen molar-refractivity contribution in [3.8, 4) is 0 Å². The van der Waals surface area contributed by atoms with Crippen molar-refractivity contribution in [1.29, 1.82) is 0 Å². The van der Waals surface area contributed by atoms with Crippen LogP contribution in [0.5, 0.6) is 0 Å². The van der Waals surface area contributed by atoms with Crippen LogP contribution in [0.4, 0.5) is 5.69 Å². The van der Waals surface area contributed by atoms with Crippen LogP contribution in [0, 0.1) is 0 Å². The van der Waals surface area contributed by atoms with Crippen LogP contribution in [0.2, 0.25) is 5.02 Å². The van der Waals surface area contributed by atoms with Crippen molar-refractivity contribution in [2.24, 2.45) is 0 Å². The number of hydrogen-bond donors (Lipinski definition) is 2. The molecule has 0 spiro atoms. The van der Waals surface area contributed by atoms with Gasteiger partial charge in [0.15, 0.2) is 0 Å². The molecule has 0 radical (unpaired) electrons. The number of carbonyl (C=O) groups excluding carboxylic acids is 1. The second-order valence-corrected chi connectivity index (χ2v) is 8.57. The maximum Gasteiger partial charge on any atom is 0.257 e. The zero-order chi connectivity index (χ0) is 21.2.